The molecule has 33 heavy (non-hydrogen) atoms. The molecule has 0 bridgehead atoms. The minimum Gasteiger partial charge on any atom is -0.512 e. The van der Waals surface area contributed by atoms with E-state index in [0.717, 1.165) is 38.5 Å². The Kier molecular flexibility index (Phi) is 17.1. The molecule has 1 saturated heterocycles. The van der Waals surface area contributed by atoms with E-state index in [1.54, 1.807) is 0 Å². The summed E-state index contributed by atoms with van der Waals surface area (Å²) in [4.78, 5) is 25.5. The summed E-state index contributed by atoms with van der Waals surface area (Å²) in [5.74, 6) is -0.916. The Morgan fingerprint density at radius 2 is 0.939 bits per heavy atom. The second kappa shape index (κ2) is 19.0. The lowest BCUT2D eigenvalue weighted by atomic mass is 9.75. The van der Waals surface area contributed by atoms with Crippen molar-refractivity contribution in [3.8, 4) is 0 Å². The molecule has 0 unspecified atom stereocenters. The highest BCUT2D eigenvalue weighted by Gasteiger charge is 2.54. The molecule has 1 fully saturated rings. The molecule has 0 amide bonds. The molecule has 0 saturated carbocycles. The molecular formula is C29H52O4. The van der Waals surface area contributed by atoms with Crippen molar-refractivity contribution >= 4 is 11.8 Å². The zero-order valence-electron chi connectivity index (χ0n) is 21.8. The van der Waals surface area contributed by atoms with Crippen molar-refractivity contribution in [1.82, 2.24) is 0 Å². The summed E-state index contributed by atoms with van der Waals surface area (Å²) in [7, 11) is 0. The fraction of sp³-hybridized carbons (Fsp3) is 0.862. The van der Waals surface area contributed by atoms with Crippen molar-refractivity contribution in [2.24, 2.45) is 5.41 Å². The van der Waals surface area contributed by atoms with Crippen LogP contribution in [0.5, 0.6) is 0 Å². The summed E-state index contributed by atoms with van der Waals surface area (Å²) >= 11 is 0. The van der Waals surface area contributed by atoms with Gasteiger partial charge in [0.05, 0.1) is 0 Å². The summed E-state index contributed by atoms with van der Waals surface area (Å²) in [6, 6.07) is 0. The molecule has 1 aliphatic heterocycles. The van der Waals surface area contributed by atoms with Crippen LogP contribution in [-0.2, 0) is 14.3 Å². The Bertz CT molecular complexity index is 528. The summed E-state index contributed by atoms with van der Waals surface area (Å²) in [6.45, 7) is 4.49. The Balaban J connectivity index is 2.31. The van der Waals surface area contributed by atoms with Gasteiger partial charge in [0.1, 0.15) is 11.7 Å². The maximum atomic E-state index is 12.9. The van der Waals surface area contributed by atoms with Crippen molar-refractivity contribution in [3.05, 3.63) is 12.0 Å². The van der Waals surface area contributed by atoms with Gasteiger partial charge in [-0.25, -0.2) is 0 Å². The minimum absolute atomic E-state index is 0.167. The van der Waals surface area contributed by atoms with Gasteiger partial charge in [-0.1, -0.05) is 142 Å². The zero-order valence-corrected chi connectivity index (χ0v) is 21.8. The van der Waals surface area contributed by atoms with E-state index in [-0.39, 0.29) is 11.5 Å². The number of carbonyl (C=O) groups is 2. The molecule has 0 radical (unpaired) electrons. The maximum absolute atomic E-state index is 12.9. The first-order valence-electron chi connectivity index (χ1n) is 14.2. The molecule has 192 valence electrons. The van der Waals surface area contributed by atoms with Crippen molar-refractivity contribution < 1.29 is 19.4 Å². The number of allylic oxidation sites excluding steroid dienone is 1. The smallest absolute Gasteiger partial charge is 0.325 e. The van der Waals surface area contributed by atoms with Crippen LogP contribution in [0.3, 0.4) is 0 Å². The van der Waals surface area contributed by atoms with Gasteiger partial charge >= 0.3 is 5.97 Å². The number of esters is 1. The van der Waals surface area contributed by atoms with E-state index < -0.39 is 11.4 Å². The van der Waals surface area contributed by atoms with Crippen LogP contribution in [0.25, 0.3) is 0 Å². The van der Waals surface area contributed by atoms with Gasteiger partial charge in [0.15, 0.2) is 0 Å². The fourth-order valence-corrected chi connectivity index (χ4v) is 5.04. The van der Waals surface area contributed by atoms with Gasteiger partial charge in [0.25, 0.3) is 0 Å². The molecule has 0 aromatic rings. The van der Waals surface area contributed by atoms with Crippen molar-refractivity contribution in [2.75, 3.05) is 0 Å². The van der Waals surface area contributed by atoms with E-state index in [2.05, 4.69) is 13.8 Å². The lowest BCUT2D eigenvalue weighted by molar-refractivity contribution is -0.147. The van der Waals surface area contributed by atoms with Crippen LogP contribution in [0.15, 0.2) is 12.0 Å². The van der Waals surface area contributed by atoms with Crippen molar-refractivity contribution in [2.45, 2.75) is 155 Å². The average molecular weight is 465 g/mol. The standard InChI is InChI=1S/C29H52O4/c1-3-5-7-9-11-13-15-17-19-21-23-29(27(31)26(25-30)33-28(29)32)24-22-20-18-16-14-12-10-8-6-4-2/h25,30H,3-24H2,1-2H3. The molecule has 1 N–H and O–H groups in total. The Labute approximate surface area is 203 Å². The van der Waals surface area contributed by atoms with Gasteiger partial charge in [-0.2, -0.15) is 0 Å². The van der Waals surface area contributed by atoms with Crippen LogP contribution in [0.2, 0.25) is 0 Å². The second-order valence-electron chi connectivity index (χ2n) is 10.2. The number of ether oxygens (including phenoxy) is 1. The average Bonchev–Trinajstić information content (AvgIpc) is 3.06. The predicted molar refractivity (Wildman–Crippen MR) is 137 cm³/mol. The molecule has 0 spiro atoms. The molecular weight excluding hydrogens is 412 g/mol. The first kappa shape index (κ1) is 29.7. The van der Waals surface area contributed by atoms with E-state index in [0.29, 0.717) is 19.1 Å². The van der Waals surface area contributed by atoms with E-state index in [1.165, 1.54) is 89.9 Å². The van der Waals surface area contributed by atoms with Crippen LogP contribution in [-0.4, -0.2) is 16.9 Å². The molecule has 1 rings (SSSR count). The number of ketones is 1. The first-order valence-corrected chi connectivity index (χ1v) is 14.2. The van der Waals surface area contributed by atoms with E-state index in [9.17, 15) is 14.7 Å². The van der Waals surface area contributed by atoms with Gasteiger partial charge in [0.2, 0.25) is 11.5 Å². The number of hydrogen-bond acceptors (Lipinski definition) is 4. The third-order valence-corrected chi connectivity index (χ3v) is 7.28. The number of unbranched alkanes of at least 4 members (excludes halogenated alkanes) is 18. The molecule has 0 aromatic carbocycles. The molecule has 4 heteroatoms. The highest BCUT2D eigenvalue weighted by molar-refractivity contribution is 6.16. The number of rotatable bonds is 22. The lowest BCUT2D eigenvalue weighted by Gasteiger charge is -2.22. The fourth-order valence-electron chi connectivity index (χ4n) is 5.04. The molecule has 4 nitrogen and oxygen atoms in total. The Morgan fingerprint density at radius 1 is 0.606 bits per heavy atom. The normalized spacial score (nSPS) is 16.6. The monoisotopic (exact) mass is 464 g/mol. The highest BCUT2D eigenvalue weighted by atomic mass is 16.6. The van der Waals surface area contributed by atoms with Gasteiger partial charge in [-0.05, 0) is 12.8 Å². The third kappa shape index (κ3) is 11.6. The molecule has 0 aromatic heterocycles. The Hall–Kier alpha value is -1.32. The van der Waals surface area contributed by atoms with Gasteiger partial charge in [0, 0.05) is 0 Å². The van der Waals surface area contributed by atoms with Gasteiger partial charge < -0.3 is 9.84 Å². The first-order chi connectivity index (χ1) is 16.1. The van der Waals surface area contributed by atoms with Crippen LogP contribution in [0.1, 0.15) is 155 Å². The van der Waals surface area contributed by atoms with Crippen LogP contribution >= 0.6 is 0 Å². The topological polar surface area (TPSA) is 63.6 Å². The summed E-state index contributed by atoms with van der Waals surface area (Å²) in [5.41, 5.74) is -1.06. The van der Waals surface area contributed by atoms with Crippen molar-refractivity contribution in [1.29, 1.82) is 0 Å². The Morgan fingerprint density at radius 3 is 1.24 bits per heavy atom. The number of carbonyl (C=O) groups excluding carboxylic acids is 2. The van der Waals surface area contributed by atoms with Crippen LogP contribution < -0.4 is 0 Å². The van der Waals surface area contributed by atoms with E-state index >= 15 is 0 Å². The second-order valence-corrected chi connectivity index (χ2v) is 10.2. The SMILES string of the molecule is CCCCCCCCCCCCC1(CCCCCCCCCCCC)C(=O)OC(=CO)C1=O. The number of aliphatic hydroxyl groups excluding tert-OH is 1. The van der Waals surface area contributed by atoms with Gasteiger partial charge in [-0.15, -0.1) is 0 Å². The highest BCUT2D eigenvalue weighted by Crippen LogP contribution is 2.42. The van der Waals surface area contributed by atoms with Crippen LogP contribution in [0, 0.1) is 5.41 Å². The van der Waals surface area contributed by atoms with Crippen molar-refractivity contribution in [3.63, 3.8) is 0 Å². The number of cyclic esters (lactones) is 1. The molecule has 0 aliphatic carbocycles. The number of Topliss-reactive ketones (excluding diaryl/α,β-unsaturated/α-hetero) is 1. The zero-order chi connectivity index (χ0) is 24.2. The maximum Gasteiger partial charge on any atom is 0.325 e. The summed E-state index contributed by atoms with van der Waals surface area (Å²) in [5, 5.41) is 9.32. The lowest BCUT2D eigenvalue weighted by Crippen LogP contribution is -2.33. The van der Waals surface area contributed by atoms with E-state index in [1.807, 2.05) is 0 Å². The van der Waals surface area contributed by atoms with Gasteiger partial charge in [-0.3, -0.25) is 9.59 Å². The summed E-state index contributed by atoms with van der Waals surface area (Å²) in [6.07, 6.45) is 26.2. The van der Waals surface area contributed by atoms with Crippen LogP contribution in [0.4, 0.5) is 0 Å². The molecule has 0 atom stereocenters. The van der Waals surface area contributed by atoms with E-state index in [4.69, 9.17) is 4.74 Å². The number of hydrogen-bond donors (Lipinski definition) is 1. The quantitative estimate of drug-likeness (QED) is 0.0570. The minimum atomic E-state index is -1.06. The predicted octanol–water partition coefficient (Wildman–Crippen LogP) is 9.12. The largest absolute Gasteiger partial charge is 0.512 e. The number of aliphatic hydroxyl groups is 1. The molecule has 1 aliphatic rings. The molecule has 1 heterocycles. The third-order valence-electron chi connectivity index (χ3n) is 7.28. The summed E-state index contributed by atoms with van der Waals surface area (Å²) < 4.78 is 5.15.